The van der Waals surface area contributed by atoms with Crippen molar-refractivity contribution >= 4 is 0 Å². The van der Waals surface area contributed by atoms with E-state index in [9.17, 15) is 4.39 Å². The van der Waals surface area contributed by atoms with Crippen LogP contribution in [0.25, 0.3) is 0 Å². The van der Waals surface area contributed by atoms with Gasteiger partial charge >= 0.3 is 0 Å². The van der Waals surface area contributed by atoms with Crippen molar-refractivity contribution < 1.29 is 13.9 Å². The minimum Gasteiger partial charge on any atom is -0.493 e. The Balaban J connectivity index is 1.98. The van der Waals surface area contributed by atoms with Crippen molar-refractivity contribution in [3.63, 3.8) is 0 Å². The molecule has 1 aromatic carbocycles. The Bertz CT molecular complexity index is 364. The summed E-state index contributed by atoms with van der Waals surface area (Å²) in [6, 6.07) is 4.63. The van der Waals surface area contributed by atoms with Gasteiger partial charge in [-0.2, -0.15) is 0 Å². The van der Waals surface area contributed by atoms with Crippen molar-refractivity contribution in [3.05, 3.63) is 29.6 Å². The molecule has 0 radical (unpaired) electrons. The molecular formula is C13H18FNO2. The van der Waals surface area contributed by atoms with Crippen LogP contribution in [0.4, 0.5) is 4.39 Å². The summed E-state index contributed by atoms with van der Waals surface area (Å²) in [6.07, 6.45) is 1.04. The Morgan fingerprint density at radius 1 is 1.53 bits per heavy atom. The number of hydrogen-bond donors (Lipinski definition) is 1. The second kappa shape index (κ2) is 5.98. The molecule has 17 heavy (non-hydrogen) atoms. The molecule has 0 bridgehead atoms. The van der Waals surface area contributed by atoms with E-state index in [1.807, 2.05) is 7.05 Å². The molecule has 4 heteroatoms. The largest absolute Gasteiger partial charge is 0.493 e. The summed E-state index contributed by atoms with van der Waals surface area (Å²) in [5.41, 5.74) is 0.853. The average Bonchev–Trinajstić information content (AvgIpc) is 2.81. The lowest BCUT2D eigenvalue weighted by Crippen LogP contribution is -2.14. The Hall–Kier alpha value is -1.13. The molecule has 1 saturated heterocycles. The van der Waals surface area contributed by atoms with Crippen LogP contribution in [-0.4, -0.2) is 26.9 Å². The predicted octanol–water partition coefficient (Wildman–Crippen LogP) is 1.96. The molecule has 1 fully saturated rings. The smallest absolute Gasteiger partial charge is 0.123 e. The molecule has 94 valence electrons. The second-order valence-corrected chi connectivity index (χ2v) is 4.32. The summed E-state index contributed by atoms with van der Waals surface area (Å²) < 4.78 is 24.1. The first-order valence-electron chi connectivity index (χ1n) is 5.93. The highest BCUT2D eigenvalue weighted by Crippen LogP contribution is 2.21. The maximum atomic E-state index is 13.1. The molecule has 1 heterocycles. The van der Waals surface area contributed by atoms with E-state index in [-0.39, 0.29) is 5.82 Å². The molecule has 3 nitrogen and oxygen atoms in total. The molecule has 1 aliphatic heterocycles. The Labute approximate surface area is 101 Å². The van der Waals surface area contributed by atoms with Crippen LogP contribution in [0, 0.1) is 11.7 Å². The average molecular weight is 239 g/mol. The standard InChI is InChI=1S/C13H18FNO2/c1-15-7-11-6-12(14)2-3-13(11)17-9-10-4-5-16-8-10/h2-3,6,10,15H,4-5,7-9H2,1H3. The molecule has 1 aromatic rings. The zero-order valence-corrected chi connectivity index (χ0v) is 10.0. The molecule has 1 unspecified atom stereocenters. The lowest BCUT2D eigenvalue weighted by atomic mass is 10.1. The third kappa shape index (κ3) is 3.41. The number of halogens is 1. The SMILES string of the molecule is CNCc1cc(F)ccc1OCC1CCOC1. The van der Waals surface area contributed by atoms with Crippen LogP contribution < -0.4 is 10.1 Å². The lowest BCUT2D eigenvalue weighted by Gasteiger charge is -2.14. The minimum atomic E-state index is -0.230. The summed E-state index contributed by atoms with van der Waals surface area (Å²) in [4.78, 5) is 0. The van der Waals surface area contributed by atoms with Crippen molar-refractivity contribution in [1.82, 2.24) is 5.32 Å². The highest BCUT2D eigenvalue weighted by Gasteiger charge is 2.16. The molecule has 1 aliphatic rings. The summed E-state index contributed by atoms with van der Waals surface area (Å²) in [5, 5.41) is 3.01. The predicted molar refractivity (Wildman–Crippen MR) is 63.6 cm³/mol. The minimum absolute atomic E-state index is 0.230. The highest BCUT2D eigenvalue weighted by atomic mass is 19.1. The Kier molecular flexibility index (Phi) is 4.34. The molecule has 0 aliphatic carbocycles. The number of benzene rings is 1. The highest BCUT2D eigenvalue weighted by molar-refractivity contribution is 5.33. The van der Waals surface area contributed by atoms with Gasteiger partial charge in [0.2, 0.25) is 0 Å². The first-order valence-corrected chi connectivity index (χ1v) is 5.93. The number of ether oxygens (including phenoxy) is 2. The van der Waals surface area contributed by atoms with Crippen LogP contribution in [0.5, 0.6) is 5.75 Å². The van der Waals surface area contributed by atoms with E-state index in [1.54, 1.807) is 6.07 Å². The van der Waals surface area contributed by atoms with E-state index in [2.05, 4.69) is 5.32 Å². The third-order valence-electron chi connectivity index (χ3n) is 2.89. The monoisotopic (exact) mass is 239 g/mol. The molecular weight excluding hydrogens is 221 g/mol. The topological polar surface area (TPSA) is 30.5 Å². The van der Waals surface area contributed by atoms with E-state index < -0.39 is 0 Å². The van der Waals surface area contributed by atoms with Gasteiger partial charge in [0.1, 0.15) is 11.6 Å². The van der Waals surface area contributed by atoms with Crippen molar-refractivity contribution in [3.8, 4) is 5.75 Å². The number of nitrogens with one attached hydrogen (secondary N) is 1. The fraction of sp³-hybridized carbons (Fsp3) is 0.538. The first-order chi connectivity index (χ1) is 8.29. The fourth-order valence-corrected chi connectivity index (χ4v) is 1.94. The summed E-state index contributed by atoms with van der Waals surface area (Å²) in [7, 11) is 1.83. The van der Waals surface area contributed by atoms with E-state index in [0.717, 1.165) is 30.9 Å². The van der Waals surface area contributed by atoms with Crippen molar-refractivity contribution in [2.75, 3.05) is 26.9 Å². The van der Waals surface area contributed by atoms with Crippen molar-refractivity contribution in [2.45, 2.75) is 13.0 Å². The molecule has 1 atom stereocenters. The van der Waals surface area contributed by atoms with Crippen LogP contribution in [0.1, 0.15) is 12.0 Å². The first kappa shape index (κ1) is 12.3. The van der Waals surface area contributed by atoms with E-state index in [0.29, 0.717) is 19.1 Å². The van der Waals surface area contributed by atoms with Crippen LogP contribution in [0.15, 0.2) is 18.2 Å². The zero-order chi connectivity index (χ0) is 12.1. The van der Waals surface area contributed by atoms with Gasteiger partial charge in [-0.25, -0.2) is 4.39 Å². The van der Waals surface area contributed by atoms with Crippen molar-refractivity contribution in [2.24, 2.45) is 5.92 Å². The van der Waals surface area contributed by atoms with Crippen molar-refractivity contribution in [1.29, 1.82) is 0 Å². The molecule has 0 saturated carbocycles. The Morgan fingerprint density at radius 2 is 2.41 bits per heavy atom. The van der Waals surface area contributed by atoms with E-state index in [4.69, 9.17) is 9.47 Å². The van der Waals surface area contributed by atoms with Crippen LogP contribution in [-0.2, 0) is 11.3 Å². The second-order valence-electron chi connectivity index (χ2n) is 4.32. The third-order valence-corrected chi connectivity index (χ3v) is 2.89. The van der Waals surface area contributed by atoms with Gasteiger partial charge in [-0.1, -0.05) is 0 Å². The van der Waals surface area contributed by atoms with Crippen LogP contribution in [0.3, 0.4) is 0 Å². The van der Waals surface area contributed by atoms with E-state index >= 15 is 0 Å². The quantitative estimate of drug-likeness (QED) is 0.852. The molecule has 0 spiro atoms. The van der Waals surface area contributed by atoms with Gasteiger partial charge in [0.15, 0.2) is 0 Å². The van der Waals surface area contributed by atoms with Gasteiger partial charge < -0.3 is 14.8 Å². The maximum Gasteiger partial charge on any atom is 0.123 e. The molecule has 2 rings (SSSR count). The summed E-state index contributed by atoms with van der Waals surface area (Å²) in [6.45, 7) is 2.83. The van der Waals surface area contributed by atoms with Crippen LogP contribution >= 0.6 is 0 Å². The maximum absolute atomic E-state index is 13.1. The zero-order valence-electron chi connectivity index (χ0n) is 10.0. The van der Waals surface area contributed by atoms with E-state index in [1.165, 1.54) is 12.1 Å². The molecule has 0 aromatic heterocycles. The molecule has 1 N–H and O–H groups in total. The Morgan fingerprint density at radius 3 is 3.12 bits per heavy atom. The fourth-order valence-electron chi connectivity index (χ4n) is 1.94. The van der Waals surface area contributed by atoms with Gasteiger partial charge in [0, 0.05) is 24.6 Å². The normalized spacial score (nSPS) is 19.5. The number of rotatable bonds is 5. The van der Waals surface area contributed by atoms with Gasteiger partial charge in [-0.15, -0.1) is 0 Å². The number of hydrogen-bond acceptors (Lipinski definition) is 3. The summed E-state index contributed by atoms with van der Waals surface area (Å²) >= 11 is 0. The van der Waals surface area contributed by atoms with Gasteiger partial charge in [0.05, 0.1) is 13.2 Å². The lowest BCUT2D eigenvalue weighted by molar-refractivity contribution is 0.166. The van der Waals surface area contributed by atoms with Gasteiger partial charge in [-0.3, -0.25) is 0 Å². The van der Waals surface area contributed by atoms with Crippen LogP contribution in [0.2, 0.25) is 0 Å². The molecule has 0 amide bonds. The summed E-state index contributed by atoms with van der Waals surface area (Å²) in [5.74, 6) is 0.988. The van der Waals surface area contributed by atoms with Gasteiger partial charge in [0.25, 0.3) is 0 Å². The van der Waals surface area contributed by atoms with Gasteiger partial charge in [-0.05, 0) is 31.7 Å².